The monoisotopic (exact) mass is 554 g/mol. The van der Waals surface area contributed by atoms with Gasteiger partial charge in [-0.05, 0) is 25.3 Å². The van der Waals surface area contributed by atoms with Crippen LogP contribution in [0.2, 0.25) is 0 Å². The lowest BCUT2D eigenvalue weighted by atomic mass is 10.0. The topological polar surface area (TPSA) is 89.8 Å². The van der Waals surface area contributed by atoms with Gasteiger partial charge in [0.05, 0.1) is 12.6 Å². The number of amides is 1. The molecule has 0 rings (SSSR count). The lowest BCUT2D eigenvalue weighted by Crippen LogP contribution is -2.46. The molecule has 0 fully saturated rings. The molecule has 0 saturated carbocycles. The second kappa shape index (κ2) is 29.9. The first kappa shape index (κ1) is 37.9. The molecular weight excluding hydrogens is 486 g/mol. The molecule has 0 unspecified atom stereocenters. The summed E-state index contributed by atoms with van der Waals surface area (Å²) in [5.74, 6) is -0.322. The Bertz CT molecular complexity index is 551. The Hall–Kier alpha value is -1.07. The molecule has 5 nitrogen and oxygen atoms in total. The lowest BCUT2D eigenvalue weighted by molar-refractivity contribution is -0.123. The van der Waals surface area contributed by atoms with Crippen molar-refractivity contribution >= 4 is 5.91 Å². The SMILES string of the molecule is CCCCCCCCCCCCC/C=C(\O)[C@@H](O)[C@H](CO)NC(=O)CCCCCCCCCCCCCCC. The fourth-order valence-corrected chi connectivity index (χ4v) is 5.19. The summed E-state index contributed by atoms with van der Waals surface area (Å²) in [4.78, 5) is 12.3. The molecule has 0 radical (unpaired) electrons. The fourth-order valence-electron chi connectivity index (χ4n) is 5.19. The maximum atomic E-state index is 12.3. The van der Waals surface area contributed by atoms with Crippen LogP contribution in [0.15, 0.2) is 11.8 Å². The van der Waals surface area contributed by atoms with Crippen LogP contribution in [-0.2, 0) is 4.79 Å². The molecule has 0 aromatic carbocycles. The number of hydrogen-bond donors (Lipinski definition) is 4. The van der Waals surface area contributed by atoms with E-state index in [4.69, 9.17) is 0 Å². The van der Waals surface area contributed by atoms with Crippen LogP contribution in [0.1, 0.15) is 181 Å². The highest BCUT2D eigenvalue weighted by atomic mass is 16.3. The van der Waals surface area contributed by atoms with E-state index in [2.05, 4.69) is 19.2 Å². The minimum absolute atomic E-state index is 0.151. The van der Waals surface area contributed by atoms with E-state index in [9.17, 15) is 20.1 Å². The van der Waals surface area contributed by atoms with Gasteiger partial charge in [-0.25, -0.2) is 0 Å². The first-order chi connectivity index (χ1) is 19.1. The van der Waals surface area contributed by atoms with Gasteiger partial charge in [0.1, 0.15) is 11.9 Å². The molecule has 0 saturated heterocycles. The van der Waals surface area contributed by atoms with Crippen LogP contribution in [0.5, 0.6) is 0 Å². The number of aliphatic hydroxyl groups excluding tert-OH is 3. The van der Waals surface area contributed by atoms with E-state index in [0.29, 0.717) is 12.8 Å². The van der Waals surface area contributed by atoms with Gasteiger partial charge in [-0.15, -0.1) is 0 Å². The Morgan fingerprint density at radius 3 is 1.36 bits per heavy atom. The molecule has 0 aliphatic rings. The second-order valence-corrected chi connectivity index (χ2v) is 11.7. The zero-order chi connectivity index (χ0) is 28.8. The number of unbranched alkanes of at least 4 members (excludes halogenated alkanes) is 23. The van der Waals surface area contributed by atoms with Crippen molar-refractivity contribution in [2.24, 2.45) is 0 Å². The van der Waals surface area contributed by atoms with Crippen LogP contribution in [0.4, 0.5) is 0 Å². The Morgan fingerprint density at radius 2 is 0.974 bits per heavy atom. The van der Waals surface area contributed by atoms with E-state index < -0.39 is 18.8 Å². The maximum absolute atomic E-state index is 12.3. The quantitative estimate of drug-likeness (QED) is 0.0527. The summed E-state index contributed by atoms with van der Waals surface area (Å²) in [7, 11) is 0. The van der Waals surface area contributed by atoms with E-state index >= 15 is 0 Å². The third-order valence-corrected chi connectivity index (χ3v) is 7.90. The van der Waals surface area contributed by atoms with Crippen molar-refractivity contribution in [3.8, 4) is 0 Å². The predicted octanol–water partition coefficient (Wildman–Crippen LogP) is 9.45. The summed E-state index contributed by atoms with van der Waals surface area (Å²) in [5.41, 5.74) is 0. The third-order valence-electron chi connectivity index (χ3n) is 7.90. The van der Waals surface area contributed by atoms with Gasteiger partial charge in [0.15, 0.2) is 0 Å². The molecule has 0 heterocycles. The molecule has 39 heavy (non-hydrogen) atoms. The summed E-state index contributed by atoms with van der Waals surface area (Å²) in [6, 6.07) is -0.868. The number of carbonyl (C=O) groups is 1. The van der Waals surface area contributed by atoms with E-state index in [1.54, 1.807) is 6.08 Å². The standard InChI is InChI=1S/C34H67NO4/c1-3-5-7-9-11-13-15-17-19-21-23-25-27-29-33(38)35-31(30-36)34(39)32(37)28-26-24-22-20-18-16-14-12-10-8-6-4-2/h28,31,34,36-37,39H,3-27,29-30H2,1-2H3,(H,35,38)/b32-28-/t31-,34-/m0/s1. The summed E-state index contributed by atoms with van der Waals surface area (Å²) in [5, 5.41) is 33.0. The van der Waals surface area contributed by atoms with Gasteiger partial charge < -0.3 is 20.6 Å². The fraction of sp³-hybridized carbons (Fsp3) is 0.912. The average molecular weight is 554 g/mol. The number of rotatable bonds is 30. The molecule has 2 atom stereocenters. The Morgan fingerprint density at radius 1 is 0.615 bits per heavy atom. The van der Waals surface area contributed by atoms with Crippen molar-refractivity contribution in [1.29, 1.82) is 0 Å². The van der Waals surface area contributed by atoms with E-state index in [-0.39, 0.29) is 11.7 Å². The zero-order valence-electron chi connectivity index (χ0n) is 26.1. The molecule has 1 amide bonds. The second-order valence-electron chi connectivity index (χ2n) is 11.7. The smallest absolute Gasteiger partial charge is 0.220 e. The highest BCUT2D eigenvalue weighted by Crippen LogP contribution is 2.15. The average Bonchev–Trinajstić information content (AvgIpc) is 2.94. The molecule has 0 aliphatic heterocycles. The number of hydrogen-bond acceptors (Lipinski definition) is 4. The molecule has 0 aromatic rings. The molecule has 0 aromatic heterocycles. The Kier molecular flexibility index (Phi) is 29.1. The number of nitrogens with one attached hydrogen (secondary N) is 1. The van der Waals surface area contributed by atoms with Gasteiger partial charge in [-0.3, -0.25) is 4.79 Å². The summed E-state index contributed by atoms with van der Waals surface area (Å²) < 4.78 is 0. The van der Waals surface area contributed by atoms with E-state index in [0.717, 1.165) is 32.1 Å². The minimum Gasteiger partial charge on any atom is -0.510 e. The van der Waals surface area contributed by atoms with Crippen LogP contribution >= 0.6 is 0 Å². The van der Waals surface area contributed by atoms with Crippen molar-refractivity contribution in [3.05, 3.63) is 11.8 Å². The van der Waals surface area contributed by atoms with Crippen molar-refractivity contribution in [2.45, 2.75) is 193 Å². The van der Waals surface area contributed by atoms with Crippen molar-refractivity contribution in [1.82, 2.24) is 5.32 Å². The first-order valence-electron chi connectivity index (χ1n) is 17.0. The van der Waals surface area contributed by atoms with E-state index in [1.807, 2.05) is 0 Å². The molecule has 4 N–H and O–H groups in total. The number of allylic oxidation sites excluding steroid dienone is 1. The molecule has 232 valence electrons. The van der Waals surface area contributed by atoms with Crippen molar-refractivity contribution in [3.63, 3.8) is 0 Å². The zero-order valence-corrected chi connectivity index (χ0v) is 26.1. The van der Waals surface area contributed by atoms with Gasteiger partial charge in [0, 0.05) is 6.42 Å². The number of carbonyl (C=O) groups excluding carboxylic acids is 1. The normalized spacial score (nSPS) is 13.5. The Labute approximate surface area is 242 Å². The van der Waals surface area contributed by atoms with Gasteiger partial charge >= 0.3 is 0 Å². The number of aliphatic hydroxyl groups is 3. The summed E-state index contributed by atoms with van der Waals surface area (Å²) in [6.45, 7) is 4.11. The van der Waals surface area contributed by atoms with Crippen LogP contribution < -0.4 is 5.32 Å². The maximum Gasteiger partial charge on any atom is 0.220 e. The molecule has 5 heteroatoms. The van der Waals surface area contributed by atoms with Gasteiger partial charge in [-0.2, -0.15) is 0 Å². The predicted molar refractivity (Wildman–Crippen MR) is 167 cm³/mol. The summed E-state index contributed by atoms with van der Waals surface area (Å²) >= 11 is 0. The minimum atomic E-state index is -1.27. The van der Waals surface area contributed by atoms with Crippen LogP contribution in [0, 0.1) is 0 Å². The van der Waals surface area contributed by atoms with Crippen LogP contribution in [0.3, 0.4) is 0 Å². The largest absolute Gasteiger partial charge is 0.510 e. The molecular formula is C34H67NO4. The molecule has 0 aliphatic carbocycles. The Balaban J connectivity index is 3.78. The van der Waals surface area contributed by atoms with Crippen molar-refractivity contribution in [2.75, 3.05) is 6.61 Å². The highest BCUT2D eigenvalue weighted by Gasteiger charge is 2.23. The summed E-state index contributed by atoms with van der Waals surface area (Å²) in [6.07, 6.45) is 31.8. The van der Waals surface area contributed by atoms with Gasteiger partial charge in [0.25, 0.3) is 0 Å². The van der Waals surface area contributed by atoms with Crippen LogP contribution in [-0.4, -0.2) is 40.0 Å². The highest BCUT2D eigenvalue weighted by molar-refractivity contribution is 5.76. The molecule has 0 spiro atoms. The van der Waals surface area contributed by atoms with Gasteiger partial charge in [0.2, 0.25) is 5.91 Å². The van der Waals surface area contributed by atoms with Gasteiger partial charge in [-0.1, -0.05) is 155 Å². The van der Waals surface area contributed by atoms with Crippen molar-refractivity contribution < 1.29 is 20.1 Å². The molecule has 0 bridgehead atoms. The lowest BCUT2D eigenvalue weighted by Gasteiger charge is -2.22. The van der Waals surface area contributed by atoms with Crippen LogP contribution in [0.25, 0.3) is 0 Å². The van der Waals surface area contributed by atoms with E-state index in [1.165, 1.54) is 122 Å². The first-order valence-corrected chi connectivity index (χ1v) is 17.0. The third kappa shape index (κ3) is 25.6.